The van der Waals surface area contributed by atoms with Crippen LogP contribution >= 0.6 is 0 Å². The van der Waals surface area contributed by atoms with Gasteiger partial charge in [-0.1, -0.05) is 24.3 Å². The van der Waals surface area contributed by atoms with Crippen LogP contribution in [-0.4, -0.2) is 28.9 Å². The van der Waals surface area contributed by atoms with Crippen molar-refractivity contribution in [3.05, 3.63) is 75.3 Å². The molecule has 2 rings (SSSR count). The average Bonchev–Trinajstić information content (AvgIpc) is 2.65. The second kappa shape index (κ2) is 8.58. The predicted molar refractivity (Wildman–Crippen MR) is 100.0 cm³/mol. The smallest absolute Gasteiger partial charge is 0.269 e. The molecule has 0 bridgehead atoms. The number of nitro benzene ring substituents is 1. The minimum Gasteiger partial charge on any atom is -0.374 e. The molecule has 26 heavy (non-hydrogen) atoms. The van der Waals surface area contributed by atoms with E-state index in [1.165, 1.54) is 12.1 Å². The van der Waals surface area contributed by atoms with E-state index < -0.39 is 4.92 Å². The number of hydrogen-bond donors (Lipinski definition) is 0. The van der Waals surface area contributed by atoms with E-state index in [4.69, 9.17) is 4.74 Å². The Hall–Kier alpha value is -2.73. The topological polar surface area (TPSA) is 72.7 Å². The number of ether oxygens (including phenoxy) is 1. The van der Waals surface area contributed by atoms with E-state index in [-0.39, 0.29) is 23.7 Å². The zero-order valence-electron chi connectivity index (χ0n) is 15.5. The molecule has 138 valence electrons. The van der Waals surface area contributed by atoms with E-state index >= 15 is 0 Å². The Bertz CT molecular complexity index is 772. The fraction of sp³-hybridized carbons (Fsp3) is 0.350. The predicted octanol–water partition coefficient (Wildman–Crippen LogP) is 4.35. The molecule has 0 heterocycles. The van der Waals surface area contributed by atoms with Crippen molar-refractivity contribution >= 4 is 11.6 Å². The molecule has 1 atom stereocenters. The van der Waals surface area contributed by atoms with Gasteiger partial charge in [0.2, 0.25) is 0 Å². The van der Waals surface area contributed by atoms with Crippen molar-refractivity contribution in [2.45, 2.75) is 39.5 Å². The molecule has 0 aliphatic heterocycles. The fourth-order valence-electron chi connectivity index (χ4n) is 2.51. The molecule has 0 spiro atoms. The third kappa shape index (κ3) is 4.89. The Balaban J connectivity index is 2.10. The van der Waals surface area contributed by atoms with Crippen LogP contribution in [0.2, 0.25) is 0 Å². The molecule has 0 saturated carbocycles. The van der Waals surface area contributed by atoms with Gasteiger partial charge in [-0.05, 0) is 44.0 Å². The van der Waals surface area contributed by atoms with Crippen molar-refractivity contribution < 1.29 is 14.5 Å². The Morgan fingerprint density at radius 1 is 1.15 bits per heavy atom. The summed E-state index contributed by atoms with van der Waals surface area (Å²) in [5.74, 6) is -0.139. The summed E-state index contributed by atoms with van der Waals surface area (Å²) in [6.07, 6.45) is 0.151. The molecule has 0 aliphatic carbocycles. The van der Waals surface area contributed by atoms with Gasteiger partial charge in [-0.3, -0.25) is 14.9 Å². The molecule has 0 N–H and O–H groups in total. The van der Waals surface area contributed by atoms with Gasteiger partial charge >= 0.3 is 0 Å². The molecule has 0 fully saturated rings. The number of nitro groups is 1. The molecule has 1 amide bonds. The molecule has 6 heteroatoms. The molecule has 2 aromatic carbocycles. The lowest BCUT2D eigenvalue weighted by Crippen LogP contribution is -2.29. The SMILES string of the molecule is CC(C)OCc1ccc(C(=O)N(C)[C@H](C)c2cccc([N+](=O)[O-])c2)cc1. The highest BCUT2D eigenvalue weighted by atomic mass is 16.6. The molecular formula is C20H24N2O4. The number of rotatable bonds is 7. The van der Waals surface area contributed by atoms with Gasteiger partial charge in [0.15, 0.2) is 0 Å². The molecule has 0 unspecified atom stereocenters. The van der Waals surface area contributed by atoms with Crippen molar-refractivity contribution in [1.29, 1.82) is 0 Å². The van der Waals surface area contributed by atoms with Crippen molar-refractivity contribution in [3.63, 3.8) is 0 Å². The van der Waals surface area contributed by atoms with Gasteiger partial charge in [0, 0.05) is 24.7 Å². The van der Waals surface area contributed by atoms with Crippen molar-refractivity contribution in [3.8, 4) is 0 Å². The summed E-state index contributed by atoms with van der Waals surface area (Å²) < 4.78 is 5.55. The quantitative estimate of drug-likeness (QED) is 0.546. The van der Waals surface area contributed by atoms with Gasteiger partial charge in [0.25, 0.3) is 11.6 Å². The number of amides is 1. The van der Waals surface area contributed by atoms with Gasteiger partial charge in [0.05, 0.1) is 23.7 Å². The van der Waals surface area contributed by atoms with Crippen LogP contribution in [0.1, 0.15) is 48.3 Å². The number of benzene rings is 2. The maximum absolute atomic E-state index is 12.7. The van der Waals surface area contributed by atoms with E-state index in [1.54, 1.807) is 36.2 Å². The van der Waals surface area contributed by atoms with Crippen LogP contribution in [0.5, 0.6) is 0 Å². The standard InChI is InChI=1S/C20H24N2O4/c1-14(2)26-13-16-8-10-17(11-9-16)20(23)21(4)15(3)18-6-5-7-19(12-18)22(24)25/h5-12,14-15H,13H2,1-4H3/t15-/m1/s1. The van der Waals surface area contributed by atoms with E-state index in [1.807, 2.05) is 32.9 Å². The number of hydrogen-bond acceptors (Lipinski definition) is 4. The Kier molecular flexibility index (Phi) is 6.46. The van der Waals surface area contributed by atoms with Gasteiger partial charge in [-0.15, -0.1) is 0 Å². The minimum atomic E-state index is -0.435. The zero-order valence-corrected chi connectivity index (χ0v) is 15.5. The summed E-state index contributed by atoms with van der Waals surface area (Å²) in [5.41, 5.74) is 2.31. The summed E-state index contributed by atoms with van der Waals surface area (Å²) in [7, 11) is 1.70. The summed E-state index contributed by atoms with van der Waals surface area (Å²) >= 11 is 0. The number of carbonyl (C=O) groups is 1. The van der Waals surface area contributed by atoms with Crippen LogP contribution in [0.15, 0.2) is 48.5 Å². The minimum absolute atomic E-state index is 0.0182. The Morgan fingerprint density at radius 2 is 1.81 bits per heavy atom. The number of non-ortho nitro benzene ring substituents is 1. The normalized spacial score (nSPS) is 12.0. The van der Waals surface area contributed by atoms with Crippen LogP contribution in [0.4, 0.5) is 5.69 Å². The maximum atomic E-state index is 12.7. The van der Waals surface area contributed by atoms with E-state index in [9.17, 15) is 14.9 Å². The van der Waals surface area contributed by atoms with Gasteiger partial charge < -0.3 is 9.64 Å². The summed E-state index contributed by atoms with van der Waals surface area (Å²) in [5, 5.41) is 10.9. The Labute approximate surface area is 153 Å². The second-order valence-corrected chi connectivity index (χ2v) is 6.50. The fourth-order valence-corrected chi connectivity index (χ4v) is 2.51. The van der Waals surface area contributed by atoms with Crippen LogP contribution in [0, 0.1) is 10.1 Å². The largest absolute Gasteiger partial charge is 0.374 e. The van der Waals surface area contributed by atoms with Crippen LogP contribution < -0.4 is 0 Å². The first-order chi connectivity index (χ1) is 12.3. The van der Waals surface area contributed by atoms with Crippen LogP contribution in [0.3, 0.4) is 0 Å². The van der Waals surface area contributed by atoms with E-state index in [2.05, 4.69) is 0 Å². The highest BCUT2D eigenvalue weighted by Crippen LogP contribution is 2.24. The lowest BCUT2D eigenvalue weighted by molar-refractivity contribution is -0.384. The summed E-state index contributed by atoms with van der Waals surface area (Å²) in [4.78, 5) is 24.8. The van der Waals surface area contributed by atoms with E-state index in [0.717, 1.165) is 11.1 Å². The summed E-state index contributed by atoms with van der Waals surface area (Å²) in [6, 6.07) is 13.4. The monoisotopic (exact) mass is 356 g/mol. The maximum Gasteiger partial charge on any atom is 0.269 e. The highest BCUT2D eigenvalue weighted by molar-refractivity contribution is 5.94. The molecule has 0 aliphatic rings. The molecule has 0 aromatic heterocycles. The molecule has 6 nitrogen and oxygen atoms in total. The number of nitrogens with zero attached hydrogens (tertiary/aromatic N) is 2. The zero-order chi connectivity index (χ0) is 19.3. The first kappa shape index (κ1) is 19.6. The first-order valence-electron chi connectivity index (χ1n) is 8.51. The van der Waals surface area contributed by atoms with Gasteiger partial charge in [-0.25, -0.2) is 0 Å². The second-order valence-electron chi connectivity index (χ2n) is 6.50. The average molecular weight is 356 g/mol. The van der Waals surface area contributed by atoms with Crippen molar-refractivity contribution in [2.24, 2.45) is 0 Å². The van der Waals surface area contributed by atoms with Crippen molar-refractivity contribution in [2.75, 3.05) is 7.05 Å². The number of carbonyl (C=O) groups excluding carboxylic acids is 1. The molecule has 2 aromatic rings. The van der Waals surface area contributed by atoms with E-state index in [0.29, 0.717) is 12.2 Å². The van der Waals surface area contributed by atoms with Crippen molar-refractivity contribution in [1.82, 2.24) is 4.90 Å². The lowest BCUT2D eigenvalue weighted by atomic mass is 10.0. The molecule has 0 saturated heterocycles. The molecule has 0 radical (unpaired) electrons. The van der Waals surface area contributed by atoms with Gasteiger partial charge in [0.1, 0.15) is 0 Å². The third-order valence-electron chi connectivity index (χ3n) is 4.25. The lowest BCUT2D eigenvalue weighted by Gasteiger charge is -2.25. The highest BCUT2D eigenvalue weighted by Gasteiger charge is 2.20. The van der Waals surface area contributed by atoms with Crippen LogP contribution in [-0.2, 0) is 11.3 Å². The molecular weight excluding hydrogens is 332 g/mol. The third-order valence-corrected chi connectivity index (χ3v) is 4.25. The summed E-state index contributed by atoms with van der Waals surface area (Å²) in [6.45, 7) is 6.30. The van der Waals surface area contributed by atoms with Gasteiger partial charge in [-0.2, -0.15) is 0 Å². The first-order valence-corrected chi connectivity index (χ1v) is 8.51. The van der Waals surface area contributed by atoms with Crippen LogP contribution in [0.25, 0.3) is 0 Å². The Morgan fingerprint density at radius 3 is 2.38 bits per heavy atom.